The fourth-order valence-electron chi connectivity index (χ4n) is 4.67. The lowest BCUT2D eigenvalue weighted by molar-refractivity contribution is -0.126. The first-order chi connectivity index (χ1) is 15.1. The molecule has 0 spiro atoms. The summed E-state index contributed by atoms with van der Waals surface area (Å²) in [4.78, 5) is 25.4. The van der Waals surface area contributed by atoms with Gasteiger partial charge in [-0.15, -0.1) is 0 Å². The minimum atomic E-state index is -0.534. The van der Waals surface area contributed by atoms with E-state index in [0.717, 1.165) is 66.8 Å². The van der Waals surface area contributed by atoms with Crippen LogP contribution in [0, 0.1) is 5.92 Å². The van der Waals surface area contributed by atoms with Crippen molar-refractivity contribution in [1.82, 2.24) is 5.32 Å². The van der Waals surface area contributed by atoms with Gasteiger partial charge in [0.2, 0.25) is 11.8 Å². The van der Waals surface area contributed by atoms with Crippen LogP contribution < -0.4 is 20.1 Å². The fraction of sp³-hybridized carbons (Fsp3) is 0.440. The topological polar surface area (TPSA) is 76.7 Å². The molecule has 5 rings (SSSR count). The number of hydrogen-bond donors (Lipinski definition) is 2. The van der Waals surface area contributed by atoms with Crippen LogP contribution in [0.1, 0.15) is 49.7 Å². The van der Waals surface area contributed by atoms with Crippen LogP contribution in [0.3, 0.4) is 0 Å². The van der Waals surface area contributed by atoms with Gasteiger partial charge in [0.25, 0.3) is 0 Å². The molecule has 3 aliphatic rings. The molecule has 2 amide bonds. The summed E-state index contributed by atoms with van der Waals surface area (Å²) in [5, 5.41) is 6.12. The van der Waals surface area contributed by atoms with Crippen molar-refractivity contribution in [1.29, 1.82) is 0 Å². The molecule has 2 aromatic carbocycles. The Hall–Kier alpha value is -3.02. The molecule has 6 heteroatoms. The predicted octanol–water partition coefficient (Wildman–Crippen LogP) is 3.93. The maximum absolute atomic E-state index is 13.4. The van der Waals surface area contributed by atoms with Gasteiger partial charge in [-0.1, -0.05) is 31.0 Å². The molecule has 2 aliphatic carbocycles. The third kappa shape index (κ3) is 4.11. The minimum Gasteiger partial charge on any atom is -0.486 e. The number of nitrogens with one attached hydrogen (secondary N) is 2. The second kappa shape index (κ2) is 8.25. The van der Waals surface area contributed by atoms with Crippen LogP contribution in [0.4, 0.5) is 5.69 Å². The maximum Gasteiger partial charge on any atom is 0.230 e. The maximum atomic E-state index is 13.4. The van der Waals surface area contributed by atoms with Crippen LogP contribution in [0.5, 0.6) is 11.5 Å². The van der Waals surface area contributed by atoms with Crippen molar-refractivity contribution >= 4 is 17.5 Å². The second-order valence-electron chi connectivity index (χ2n) is 8.79. The van der Waals surface area contributed by atoms with Crippen LogP contribution >= 0.6 is 0 Å². The largest absolute Gasteiger partial charge is 0.486 e. The molecule has 1 aliphatic heterocycles. The second-order valence-corrected chi connectivity index (χ2v) is 8.79. The molecular formula is C25H28N2O4. The Morgan fingerprint density at radius 2 is 1.74 bits per heavy atom. The van der Waals surface area contributed by atoms with Crippen LogP contribution in [-0.4, -0.2) is 25.0 Å². The predicted molar refractivity (Wildman–Crippen MR) is 117 cm³/mol. The van der Waals surface area contributed by atoms with Crippen LogP contribution in [0.2, 0.25) is 0 Å². The van der Waals surface area contributed by atoms with Gasteiger partial charge >= 0.3 is 0 Å². The normalized spacial score (nSPS) is 19.0. The standard InChI is InChI=1S/C25H28N2O4/c28-23(18-6-7-18)27-20-5-3-4-17(14-20)16-26-24(29)25(10-1-2-11-25)19-8-9-21-22(15-19)31-13-12-30-21/h3-5,8-9,14-15,18H,1-2,6-7,10-13,16H2,(H,26,29)(H,27,28). The van der Waals surface area contributed by atoms with Gasteiger partial charge < -0.3 is 20.1 Å². The lowest BCUT2D eigenvalue weighted by Crippen LogP contribution is -2.42. The van der Waals surface area contributed by atoms with Gasteiger partial charge in [0, 0.05) is 18.2 Å². The van der Waals surface area contributed by atoms with Gasteiger partial charge in [0.05, 0.1) is 5.41 Å². The lowest BCUT2D eigenvalue weighted by atomic mass is 9.77. The summed E-state index contributed by atoms with van der Waals surface area (Å²) in [5.74, 6) is 1.77. The number of rotatable bonds is 6. The zero-order valence-electron chi connectivity index (χ0n) is 17.6. The molecule has 1 heterocycles. The van der Waals surface area contributed by atoms with Crippen molar-refractivity contribution in [2.75, 3.05) is 18.5 Å². The Bertz CT molecular complexity index is 993. The van der Waals surface area contributed by atoms with Crippen molar-refractivity contribution < 1.29 is 19.1 Å². The van der Waals surface area contributed by atoms with E-state index in [1.54, 1.807) is 0 Å². The molecule has 0 saturated heterocycles. The highest BCUT2D eigenvalue weighted by Gasteiger charge is 2.43. The van der Waals surface area contributed by atoms with Crippen molar-refractivity contribution in [2.45, 2.75) is 50.5 Å². The highest BCUT2D eigenvalue weighted by atomic mass is 16.6. The Kier molecular flexibility index (Phi) is 5.30. The van der Waals surface area contributed by atoms with Crippen LogP contribution in [0.25, 0.3) is 0 Å². The van der Waals surface area contributed by atoms with Crippen LogP contribution in [-0.2, 0) is 21.5 Å². The minimum absolute atomic E-state index is 0.0501. The first kappa shape index (κ1) is 19.9. The Labute approximate surface area is 182 Å². The summed E-state index contributed by atoms with van der Waals surface area (Å²) in [7, 11) is 0. The highest BCUT2D eigenvalue weighted by Crippen LogP contribution is 2.44. The summed E-state index contributed by atoms with van der Waals surface area (Å²) in [6.45, 7) is 1.51. The van der Waals surface area contributed by atoms with Crippen molar-refractivity contribution in [3.8, 4) is 11.5 Å². The van der Waals surface area contributed by atoms with E-state index < -0.39 is 5.41 Å². The van der Waals surface area contributed by atoms with E-state index in [4.69, 9.17) is 9.47 Å². The number of benzene rings is 2. The summed E-state index contributed by atoms with van der Waals surface area (Å²) in [5.41, 5.74) is 2.22. The number of amides is 2. The third-order valence-electron chi connectivity index (χ3n) is 6.58. The van der Waals surface area contributed by atoms with Crippen molar-refractivity contribution in [2.24, 2.45) is 5.92 Å². The first-order valence-corrected chi connectivity index (χ1v) is 11.2. The average Bonchev–Trinajstić information content (AvgIpc) is 3.54. The van der Waals surface area contributed by atoms with Crippen molar-refractivity contribution in [3.63, 3.8) is 0 Å². The number of anilines is 1. The van der Waals surface area contributed by atoms with Crippen LogP contribution in [0.15, 0.2) is 42.5 Å². The quantitative estimate of drug-likeness (QED) is 0.742. The number of hydrogen-bond acceptors (Lipinski definition) is 4. The summed E-state index contributed by atoms with van der Waals surface area (Å²) in [6.07, 6.45) is 5.67. The molecule has 162 valence electrons. The van der Waals surface area contributed by atoms with Gasteiger partial charge in [0.1, 0.15) is 13.2 Å². The molecule has 6 nitrogen and oxygen atoms in total. The Morgan fingerprint density at radius 3 is 2.52 bits per heavy atom. The number of fused-ring (bicyclic) bond motifs is 1. The molecule has 0 unspecified atom stereocenters. The fourth-order valence-corrected chi connectivity index (χ4v) is 4.67. The number of carbonyl (C=O) groups excluding carboxylic acids is 2. The molecule has 2 saturated carbocycles. The zero-order chi connectivity index (χ0) is 21.3. The molecule has 31 heavy (non-hydrogen) atoms. The molecule has 0 aromatic heterocycles. The summed E-state index contributed by atoms with van der Waals surface area (Å²) < 4.78 is 11.4. The molecule has 0 radical (unpaired) electrons. The van der Waals surface area contributed by atoms with Gasteiger partial charge in [0.15, 0.2) is 11.5 Å². The molecule has 2 fully saturated rings. The summed E-state index contributed by atoms with van der Waals surface area (Å²) in [6, 6.07) is 13.6. The molecule has 0 bridgehead atoms. The first-order valence-electron chi connectivity index (χ1n) is 11.2. The third-order valence-corrected chi connectivity index (χ3v) is 6.58. The van der Waals surface area contributed by atoms with Gasteiger partial charge in [-0.25, -0.2) is 0 Å². The van der Waals surface area contributed by atoms with E-state index in [9.17, 15) is 9.59 Å². The van der Waals surface area contributed by atoms with E-state index in [-0.39, 0.29) is 17.7 Å². The Balaban J connectivity index is 1.30. The highest BCUT2D eigenvalue weighted by molar-refractivity contribution is 5.94. The van der Waals surface area contributed by atoms with E-state index in [1.807, 2.05) is 42.5 Å². The number of ether oxygens (including phenoxy) is 2. The lowest BCUT2D eigenvalue weighted by Gasteiger charge is -2.30. The monoisotopic (exact) mass is 420 g/mol. The van der Waals surface area contributed by atoms with Crippen molar-refractivity contribution in [3.05, 3.63) is 53.6 Å². The van der Waals surface area contributed by atoms with E-state index >= 15 is 0 Å². The number of carbonyl (C=O) groups is 2. The van der Waals surface area contributed by atoms with Gasteiger partial charge in [-0.2, -0.15) is 0 Å². The molecule has 0 atom stereocenters. The van der Waals surface area contributed by atoms with E-state index in [2.05, 4.69) is 10.6 Å². The van der Waals surface area contributed by atoms with Gasteiger partial charge in [-0.3, -0.25) is 9.59 Å². The molecular weight excluding hydrogens is 392 g/mol. The molecule has 2 N–H and O–H groups in total. The smallest absolute Gasteiger partial charge is 0.230 e. The average molecular weight is 421 g/mol. The Morgan fingerprint density at radius 1 is 0.968 bits per heavy atom. The summed E-state index contributed by atoms with van der Waals surface area (Å²) >= 11 is 0. The van der Waals surface area contributed by atoms with E-state index in [0.29, 0.717) is 19.8 Å². The molecule has 2 aromatic rings. The van der Waals surface area contributed by atoms with Gasteiger partial charge in [-0.05, 0) is 61.1 Å². The SMILES string of the molecule is O=C(Nc1cccc(CNC(=O)C2(c3ccc4c(c3)OCCO4)CCCC2)c1)C1CC1. The zero-order valence-corrected chi connectivity index (χ0v) is 17.6. The van der Waals surface area contributed by atoms with E-state index in [1.165, 1.54) is 0 Å².